The zero-order valence-corrected chi connectivity index (χ0v) is 12.1. The average Bonchev–Trinajstić information content (AvgIpc) is 3.05. The third kappa shape index (κ3) is 2.55. The van der Waals surface area contributed by atoms with Crippen LogP contribution in [0.1, 0.15) is 61.3 Å². The third-order valence-electron chi connectivity index (χ3n) is 4.17. The van der Waals surface area contributed by atoms with Gasteiger partial charge in [0.05, 0.1) is 22.8 Å². The van der Waals surface area contributed by atoms with Crippen LogP contribution in [-0.4, -0.2) is 19.9 Å². The maximum absolute atomic E-state index is 4.28. The van der Waals surface area contributed by atoms with E-state index in [-0.39, 0.29) is 0 Å². The van der Waals surface area contributed by atoms with Crippen molar-refractivity contribution in [3.8, 4) is 0 Å². The Morgan fingerprint density at radius 2 is 1.10 bits per heavy atom. The molecule has 104 valence electrons. The summed E-state index contributed by atoms with van der Waals surface area (Å²) in [5.41, 5.74) is 4.83. The lowest BCUT2D eigenvalue weighted by molar-refractivity contribution is 0.731. The molecule has 0 amide bonds. The fourth-order valence-electron chi connectivity index (χ4n) is 2.94. The lowest BCUT2D eigenvalue weighted by Gasteiger charge is -1.99. The highest BCUT2D eigenvalue weighted by atomic mass is 14.8. The van der Waals surface area contributed by atoms with Crippen molar-refractivity contribution in [3.63, 3.8) is 0 Å². The van der Waals surface area contributed by atoms with E-state index in [2.05, 4.69) is 33.8 Å². The Balaban J connectivity index is 0.000000121. The molecule has 2 unspecified atom stereocenters. The third-order valence-corrected chi connectivity index (χ3v) is 4.17. The van der Waals surface area contributed by atoms with Gasteiger partial charge in [-0.25, -0.2) is 0 Å². The molecule has 2 aromatic heterocycles. The van der Waals surface area contributed by atoms with Crippen LogP contribution < -0.4 is 0 Å². The topological polar surface area (TPSA) is 51.6 Å². The quantitative estimate of drug-likeness (QED) is 0.737. The molecular weight excluding hydrogens is 248 g/mol. The Hall–Kier alpha value is -1.84. The fraction of sp³-hybridized carbons (Fsp3) is 0.500. The molecule has 0 spiro atoms. The zero-order chi connectivity index (χ0) is 13.9. The SMILES string of the molecule is CC1CCc2nccnc21.CC1CCc2nccnc21. The first kappa shape index (κ1) is 13.2. The minimum Gasteiger partial charge on any atom is -0.258 e. The summed E-state index contributed by atoms with van der Waals surface area (Å²) in [5, 5.41) is 0. The molecule has 0 N–H and O–H groups in total. The monoisotopic (exact) mass is 268 g/mol. The molecule has 4 rings (SSSR count). The first-order chi connectivity index (χ1) is 9.75. The Bertz CT molecular complexity index is 543. The molecular formula is C16H20N4. The summed E-state index contributed by atoms with van der Waals surface area (Å²) in [4.78, 5) is 17.0. The molecule has 0 fully saturated rings. The maximum atomic E-state index is 4.28. The largest absolute Gasteiger partial charge is 0.258 e. The molecule has 2 aliphatic carbocycles. The Labute approximate surface area is 119 Å². The number of fused-ring (bicyclic) bond motifs is 2. The highest BCUT2D eigenvalue weighted by molar-refractivity contribution is 5.21. The van der Waals surface area contributed by atoms with Gasteiger partial charge in [-0.15, -0.1) is 0 Å². The predicted octanol–water partition coefficient (Wildman–Crippen LogP) is 3.05. The standard InChI is InChI=1S/2C8H10N2/c2*1-6-2-3-7-8(6)10-5-4-9-7/h2*4-6H,2-3H2,1H3. The Morgan fingerprint density at radius 1 is 0.700 bits per heavy atom. The van der Waals surface area contributed by atoms with E-state index in [0.29, 0.717) is 11.8 Å². The predicted molar refractivity (Wildman–Crippen MR) is 77.5 cm³/mol. The van der Waals surface area contributed by atoms with E-state index in [1.807, 2.05) is 0 Å². The van der Waals surface area contributed by atoms with Crippen LogP contribution in [0.4, 0.5) is 0 Å². The van der Waals surface area contributed by atoms with E-state index in [4.69, 9.17) is 0 Å². The van der Waals surface area contributed by atoms with E-state index in [1.165, 1.54) is 35.6 Å². The van der Waals surface area contributed by atoms with E-state index in [9.17, 15) is 0 Å². The molecule has 0 saturated carbocycles. The highest BCUT2D eigenvalue weighted by Gasteiger charge is 2.20. The second-order valence-corrected chi connectivity index (χ2v) is 5.66. The second kappa shape index (κ2) is 5.65. The van der Waals surface area contributed by atoms with Crippen molar-refractivity contribution in [2.24, 2.45) is 0 Å². The van der Waals surface area contributed by atoms with Crippen molar-refractivity contribution in [3.05, 3.63) is 47.6 Å². The summed E-state index contributed by atoms with van der Waals surface area (Å²) >= 11 is 0. The summed E-state index contributed by atoms with van der Waals surface area (Å²) in [7, 11) is 0. The molecule has 2 aromatic rings. The summed E-state index contributed by atoms with van der Waals surface area (Å²) in [5.74, 6) is 1.26. The molecule has 0 bridgehead atoms. The van der Waals surface area contributed by atoms with Gasteiger partial charge in [-0.05, 0) is 25.7 Å². The summed E-state index contributed by atoms with van der Waals surface area (Å²) in [6.07, 6.45) is 11.8. The average molecular weight is 268 g/mol. The highest BCUT2D eigenvalue weighted by Crippen LogP contribution is 2.28. The van der Waals surface area contributed by atoms with Crippen molar-refractivity contribution in [1.82, 2.24) is 19.9 Å². The van der Waals surface area contributed by atoms with Crippen LogP contribution in [0.2, 0.25) is 0 Å². The molecule has 4 heteroatoms. The van der Waals surface area contributed by atoms with Gasteiger partial charge in [-0.3, -0.25) is 19.9 Å². The van der Waals surface area contributed by atoms with Crippen LogP contribution in [0.15, 0.2) is 24.8 Å². The second-order valence-electron chi connectivity index (χ2n) is 5.66. The van der Waals surface area contributed by atoms with Gasteiger partial charge in [-0.1, -0.05) is 13.8 Å². The molecule has 0 aliphatic heterocycles. The van der Waals surface area contributed by atoms with Crippen LogP contribution in [0.25, 0.3) is 0 Å². The molecule has 0 radical (unpaired) electrons. The molecule has 0 saturated heterocycles. The maximum Gasteiger partial charge on any atom is 0.0646 e. The van der Waals surface area contributed by atoms with Crippen LogP contribution >= 0.6 is 0 Å². The zero-order valence-electron chi connectivity index (χ0n) is 12.1. The number of rotatable bonds is 0. The summed E-state index contributed by atoms with van der Waals surface area (Å²) in [6, 6.07) is 0. The Morgan fingerprint density at radius 3 is 1.50 bits per heavy atom. The van der Waals surface area contributed by atoms with Gasteiger partial charge in [0.25, 0.3) is 0 Å². The normalized spacial score (nSPS) is 22.7. The van der Waals surface area contributed by atoms with Gasteiger partial charge in [0.2, 0.25) is 0 Å². The van der Waals surface area contributed by atoms with Gasteiger partial charge in [0, 0.05) is 36.6 Å². The fourth-order valence-corrected chi connectivity index (χ4v) is 2.94. The Kier molecular flexibility index (Phi) is 3.72. The summed E-state index contributed by atoms with van der Waals surface area (Å²) < 4.78 is 0. The molecule has 2 atom stereocenters. The van der Waals surface area contributed by atoms with E-state index in [0.717, 1.165) is 12.8 Å². The molecule has 0 aromatic carbocycles. The van der Waals surface area contributed by atoms with Crippen molar-refractivity contribution in [2.45, 2.75) is 51.4 Å². The van der Waals surface area contributed by atoms with Crippen LogP contribution in [0.3, 0.4) is 0 Å². The lowest BCUT2D eigenvalue weighted by Crippen LogP contribution is -1.92. The van der Waals surface area contributed by atoms with Crippen LogP contribution in [0.5, 0.6) is 0 Å². The van der Waals surface area contributed by atoms with Gasteiger partial charge in [0.1, 0.15) is 0 Å². The molecule has 4 nitrogen and oxygen atoms in total. The number of nitrogens with zero attached hydrogens (tertiary/aromatic N) is 4. The molecule has 20 heavy (non-hydrogen) atoms. The lowest BCUT2D eigenvalue weighted by atomic mass is 10.1. The number of hydrogen-bond acceptors (Lipinski definition) is 4. The molecule has 2 heterocycles. The van der Waals surface area contributed by atoms with Crippen molar-refractivity contribution in [2.75, 3.05) is 0 Å². The van der Waals surface area contributed by atoms with Gasteiger partial charge in [0.15, 0.2) is 0 Å². The smallest absolute Gasteiger partial charge is 0.0646 e. The minimum atomic E-state index is 0.628. The van der Waals surface area contributed by atoms with Crippen molar-refractivity contribution in [1.29, 1.82) is 0 Å². The number of hydrogen-bond donors (Lipinski definition) is 0. The minimum absolute atomic E-state index is 0.628. The van der Waals surface area contributed by atoms with E-state index >= 15 is 0 Å². The number of aryl methyl sites for hydroxylation is 2. The first-order valence-corrected chi connectivity index (χ1v) is 7.35. The molecule has 2 aliphatic rings. The van der Waals surface area contributed by atoms with E-state index < -0.39 is 0 Å². The number of aromatic nitrogens is 4. The van der Waals surface area contributed by atoms with Gasteiger partial charge < -0.3 is 0 Å². The summed E-state index contributed by atoms with van der Waals surface area (Å²) in [6.45, 7) is 4.42. The van der Waals surface area contributed by atoms with Crippen molar-refractivity contribution >= 4 is 0 Å². The van der Waals surface area contributed by atoms with Gasteiger partial charge >= 0.3 is 0 Å². The van der Waals surface area contributed by atoms with E-state index in [1.54, 1.807) is 24.8 Å². The van der Waals surface area contributed by atoms with Crippen LogP contribution in [-0.2, 0) is 12.8 Å². The van der Waals surface area contributed by atoms with Crippen molar-refractivity contribution < 1.29 is 0 Å². The first-order valence-electron chi connectivity index (χ1n) is 7.35. The van der Waals surface area contributed by atoms with Crippen LogP contribution in [0, 0.1) is 0 Å². The van der Waals surface area contributed by atoms with Gasteiger partial charge in [-0.2, -0.15) is 0 Å².